The van der Waals surface area contributed by atoms with Gasteiger partial charge in [-0.1, -0.05) is 32.4 Å². The summed E-state index contributed by atoms with van der Waals surface area (Å²) in [6.45, 7) is 5.32. The summed E-state index contributed by atoms with van der Waals surface area (Å²) in [6.07, 6.45) is 2.17. The number of anilines is 1. The molecule has 2 heterocycles. The van der Waals surface area contributed by atoms with Gasteiger partial charge in [0.05, 0.1) is 7.11 Å². The van der Waals surface area contributed by atoms with E-state index in [1.807, 2.05) is 38.1 Å². The van der Waals surface area contributed by atoms with Crippen LogP contribution in [0.5, 0.6) is 0 Å². The standard InChI is InChI=1S/C20H27N3O4/c1-4-13(2)17(19(25)26-3)22-18(24)14-9-11-23(12-10-14)20-21-15-7-5-6-8-16(15)27-20/h5-8,13-14,17H,4,9-12H2,1-3H3,(H,22,24). The molecular weight excluding hydrogens is 346 g/mol. The van der Waals surface area contributed by atoms with Crippen molar-refractivity contribution in [2.24, 2.45) is 11.8 Å². The lowest BCUT2D eigenvalue weighted by Gasteiger charge is -2.31. The number of hydrogen-bond donors (Lipinski definition) is 1. The topological polar surface area (TPSA) is 84.7 Å². The number of hydrogen-bond acceptors (Lipinski definition) is 6. The predicted molar refractivity (Wildman–Crippen MR) is 102 cm³/mol. The number of rotatable bonds is 6. The highest BCUT2D eigenvalue weighted by Gasteiger charge is 2.32. The van der Waals surface area contributed by atoms with Crippen molar-refractivity contribution >= 4 is 29.0 Å². The Labute approximate surface area is 159 Å². The first-order valence-electron chi connectivity index (χ1n) is 9.52. The van der Waals surface area contributed by atoms with Crippen molar-refractivity contribution in [1.29, 1.82) is 0 Å². The van der Waals surface area contributed by atoms with Crippen molar-refractivity contribution in [2.75, 3.05) is 25.1 Å². The highest BCUT2D eigenvalue weighted by Crippen LogP contribution is 2.26. The molecule has 1 aliphatic rings. The summed E-state index contributed by atoms with van der Waals surface area (Å²) in [5.74, 6) is -0.562. The van der Waals surface area contributed by atoms with Gasteiger partial charge in [0.15, 0.2) is 5.58 Å². The maximum absolute atomic E-state index is 12.7. The number of methoxy groups -OCH3 is 1. The van der Waals surface area contributed by atoms with Crippen LogP contribution in [0.3, 0.4) is 0 Å². The number of nitrogens with zero attached hydrogens (tertiary/aromatic N) is 2. The fourth-order valence-corrected chi connectivity index (χ4v) is 3.40. The number of carbonyl (C=O) groups excluding carboxylic acids is 2. The van der Waals surface area contributed by atoms with Crippen molar-refractivity contribution in [1.82, 2.24) is 10.3 Å². The quantitative estimate of drug-likeness (QED) is 0.784. The minimum absolute atomic E-state index is 0.0289. The monoisotopic (exact) mass is 373 g/mol. The molecule has 1 N–H and O–H groups in total. The number of esters is 1. The van der Waals surface area contributed by atoms with Gasteiger partial charge in [-0.15, -0.1) is 0 Å². The van der Waals surface area contributed by atoms with E-state index in [1.165, 1.54) is 7.11 Å². The maximum atomic E-state index is 12.7. The van der Waals surface area contributed by atoms with Gasteiger partial charge in [-0.25, -0.2) is 4.79 Å². The predicted octanol–water partition coefficient (Wildman–Crippen LogP) is 2.75. The van der Waals surface area contributed by atoms with Gasteiger partial charge < -0.3 is 19.4 Å². The molecule has 0 spiro atoms. The number of aromatic nitrogens is 1. The molecule has 1 saturated heterocycles. The normalized spacial score (nSPS) is 17.5. The Balaban J connectivity index is 1.59. The highest BCUT2D eigenvalue weighted by atomic mass is 16.5. The number of amides is 1. The van der Waals surface area contributed by atoms with Crippen molar-refractivity contribution in [3.63, 3.8) is 0 Å². The summed E-state index contributed by atoms with van der Waals surface area (Å²) >= 11 is 0. The smallest absolute Gasteiger partial charge is 0.328 e. The second-order valence-corrected chi connectivity index (χ2v) is 7.12. The molecule has 7 nitrogen and oxygen atoms in total. The van der Waals surface area contributed by atoms with Crippen LogP contribution < -0.4 is 10.2 Å². The molecule has 0 aliphatic carbocycles. The van der Waals surface area contributed by atoms with Crippen molar-refractivity contribution in [3.05, 3.63) is 24.3 Å². The lowest BCUT2D eigenvalue weighted by atomic mass is 9.93. The Morgan fingerprint density at radius 2 is 2.04 bits per heavy atom. The first kappa shape index (κ1) is 19.2. The number of benzene rings is 1. The van der Waals surface area contributed by atoms with E-state index < -0.39 is 6.04 Å². The van der Waals surface area contributed by atoms with Crippen molar-refractivity contribution < 1.29 is 18.7 Å². The average molecular weight is 373 g/mol. The van der Waals surface area contributed by atoms with E-state index in [4.69, 9.17) is 9.15 Å². The second-order valence-electron chi connectivity index (χ2n) is 7.12. The number of oxazole rings is 1. The third-order valence-electron chi connectivity index (χ3n) is 5.38. The first-order valence-corrected chi connectivity index (χ1v) is 9.52. The van der Waals surface area contributed by atoms with Crippen molar-refractivity contribution in [3.8, 4) is 0 Å². The molecule has 1 aromatic carbocycles. The molecule has 27 heavy (non-hydrogen) atoms. The zero-order valence-electron chi connectivity index (χ0n) is 16.1. The largest absolute Gasteiger partial charge is 0.467 e. The minimum Gasteiger partial charge on any atom is -0.467 e. The molecular formula is C20H27N3O4. The van der Waals surface area contributed by atoms with Gasteiger partial charge in [0, 0.05) is 19.0 Å². The third-order valence-corrected chi connectivity index (χ3v) is 5.38. The van der Waals surface area contributed by atoms with Gasteiger partial charge in [-0.3, -0.25) is 4.79 Å². The van der Waals surface area contributed by atoms with Crippen LogP contribution in [0, 0.1) is 11.8 Å². The number of nitrogens with one attached hydrogen (secondary N) is 1. The van der Waals surface area contributed by atoms with Gasteiger partial charge in [0.25, 0.3) is 6.01 Å². The van der Waals surface area contributed by atoms with E-state index in [9.17, 15) is 9.59 Å². The lowest BCUT2D eigenvalue weighted by Crippen LogP contribution is -2.49. The van der Waals surface area contributed by atoms with Crippen LogP contribution in [0.15, 0.2) is 28.7 Å². The summed E-state index contributed by atoms with van der Waals surface area (Å²) in [5.41, 5.74) is 1.60. The lowest BCUT2D eigenvalue weighted by molar-refractivity contribution is -0.147. The SMILES string of the molecule is CCC(C)C(NC(=O)C1CCN(c2nc3ccccc3o2)CC1)C(=O)OC. The van der Waals surface area contributed by atoms with Gasteiger partial charge in [-0.05, 0) is 30.9 Å². The number of carbonyl (C=O) groups is 2. The van der Waals surface area contributed by atoms with Crippen LogP contribution in [0.4, 0.5) is 6.01 Å². The Kier molecular flexibility index (Phi) is 5.98. The molecule has 1 fully saturated rings. The van der Waals surface area contributed by atoms with E-state index >= 15 is 0 Å². The number of fused-ring (bicyclic) bond motifs is 1. The van der Waals surface area contributed by atoms with Crippen LogP contribution in [-0.2, 0) is 14.3 Å². The molecule has 1 amide bonds. The van der Waals surface area contributed by atoms with Gasteiger partial charge in [0.1, 0.15) is 11.6 Å². The average Bonchev–Trinajstić information content (AvgIpc) is 3.15. The number of ether oxygens (including phenoxy) is 1. The van der Waals surface area contributed by atoms with E-state index in [2.05, 4.69) is 15.2 Å². The third kappa shape index (κ3) is 4.23. The first-order chi connectivity index (χ1) is 13.0. The molecule has 0 bridgehead atoms. The summed E-state index contributed by atoms with van der Waals surface area (Å²) in [6, 6.07) is 7.67. The summed E-state index contributed by atoms with van der Waals surface area (Å²) in [4.78, 5) is 31.2. The Hall–Kier alpha value is -2.57. The van der Waals surface area contributed by atoms with E-state index in [0.717, 1.165) is 17.5 Å². The van der Waals surface area contributed by atoms with Crippen LogP contribution >= 0.6 is 0 Å². The highest BCUT2D eigenvalue weighted by molar-refractivity contribution is 5.86. The van der Waals surface area contributed by atoms with E-state index in [0.29, 0.717) is 31.9 Å². The summed E-state index contributed by atoms with van der Waals surface area (Å²) < 4.78 is 10.7. The zero-order chi connectivity index (χ0) is 19.4. The Morgan fingerprint density at radius 1 is 1.33 bits per heavy atom. The molecule has 1 aromatic heterocycles. The van der Waals surface area contributed by atoms with Gasteiger partial charge in [0.2, 0.25) is 5.91 Å². The summed E-state index contributed by atoms with van der Waals surface area (Å²) in [5, 5.41) is 2.89. The van der Waals surface area contributed by atoms with Gasteiger partial charge in [-0.2, -0.15) is 4.98 Å². The Morgan fingerprint density at radius 3 is 2.67 bits per heavy atom. The van der Waals surface area contributed by atoms with E-state index in [1.54, 1.807) is 0 Å². The number of para-hydroxylation sites is 2. The molecule has 2 atom stereocenters. The van der Waals surface area contributed by atoms with Gasteiger partial charge >= 0.3 is 5.97 Å². The summed E-state index contributed by atoms with van der Waals surface area (Å²) in [7, 11) is 1.35. The number of piperidine rings is 1. The molecule has 0 saturated carbocycles. The fourth-order valence-electron chi connectivity index (χ4n) is 3.40. The molecule has 2 unspecified atom stereocenters. The zero-order valence-corrected chi connectivity index (χ0v) is 16.1. The van der Waals surface area contributed by atoms with Crippen LogP contribution in [0.25, 0.3) is 11.1 Å². The Bertz CT molecular complexity index is 762. The maximum Gasteiger partial charge on any atom is 0.328 e. The second kappa shape index (κ2) is 8.41. The minimum atomic E-state index is -0.595. The molecule has 0 radical (unpaired) electrons. The van der Waals surface area contributed by atoms with Crippen LogP contribution in [0.2, 0.25) is 0 Å². The van der Waals surface area contributed by atoms with Crippen LogP contribution in [-0.4, -0.2) is 43.1 Å². The molecule has 1 aliphatic heterocycles. The molecule has 3 rings (SSSR count). The molecule has 146 valence electrons. The molecule has 7 heteroatoms. The van der Waals surface area contributed by atoms with E-state index in [-0.39, 0.29) is 23.7 Å². The van der Waals surface area contributed by atoms with Crippen molar-refractivity contribution in [2.45, 2.75) is 39.2 Å². The molecule has 2 aromatic rings. The van der Waals surface area contributed by atoms with Crippen LogP contribution in [0.1, 0.15) is 33.1 Å². The fraction of sp³-hybridized carbons (Fsp3) is 0.550.